The first-order valence-corrected chi connectivity index (χ1v) is 2.90. The molecule has 0 aliphatic rings. The molecule has 0 aromatic carbocycles. The normalized spacial score (nSPS) is 14.6. The molecule has 85 valence electrons. The van der Waals surface area contributed by atoms with Gasteiger partial charge in [0.25, 0.3) is 0 Å². The van der Waals surface area contributed by atoms with Crippen LogP contribution >= 0.6 is 0 Å². The lowest BCUT2D eigenvalue weighted by Gasteiger charge is -2.25. The third-order valence-corrected chi connectivity index (χ3v) is 1.20. The molecule has 0 heterocycles. The van der Waals surface area contributed by atoms with E-state index in [2.05, 4.69) is 0 Å². The average molecular weight is 233 g/mol. The lowest BCUT2D eigenvalue weighted by atomic mass is 10.1. The number of hydrogen-bond acceptors (Lipinski definition) is 0. The van der Waals surface area contributed by atoms with Gasteiger partial charge in [0.15, 0.2) is 0 Å². The third kappa shape index (κ3) is 2.24. The first-order valence-electron chi connectivity index (χ1n) is 2.90. The van der Waals surface area contributed by atoms with Gasteiger partial charge in [-0.05, 0) is 0 Å². The molecule has 0 N–H and O–H groups in total. The minimum absolute atomic E-state index is 3.98. The van der Waals surface area contributed by atoms with E-state index in [1.165, 1.54) is 0 Å². The molecule has 0 amide bonds. The average Bonchev–Trinajstić information content (AvgIpc) is 2.02. The maximum atomic E-state index is 12.0. The molecule has 0 nitrogen and oxygen atoms in total. The largest absolute Gasteiger partial charge is 0.381 e. The van der Waals surface area contributed by atoms with Gasteiger partial charge in [-0.15, -0.1) is 0 Å². The van der Waals surface area contributed by atoms with Gasteiger partial charge in [-0.25, -0.2) is 13.2 Å². The summed E-state index contributed by atoms with van der Waals surface area (Å²) in [5.41, 5.74) is 0. The molecular weight excluding hydrogens is 231 g/mol. The second kappa shape index (κ2) is 3.85. The van der Waals surface area contributed by atoms with Crippen LogP contribution < -0.4 is 0 Å². The summed E-state index contributed by atoms with van der Waals surface area (Å²) in [7, 11) is 0. The van der Waals surface area contributed by atoms with Crippen molar-refractivity contribution in [2.24, 2.45) is 0 Å². The van der Waals surface area contributed by atoms with Gasteiger partial charge in [0.2, 0.25) is 6.17 Å². The minimum atomic E-state index is -5.89. The lowest BCUT2D eigenvalue weighted by Crippen LogP contribution is -2.49. The van der Waals surface area contributed by atoms with Crippen molar-refractivity contribution in [3.8, 4) is 0 Å². The fourth-order valence-corrected chi connectivity index (χ4v) is 0.448. The zero-order chi connectivity index (χ0) is 11.7. The molecule has 1 unspecified atom stereocenters. The fourth-order valence-electron chi connectivity index (χ4n) is 0.448. The molecule has 0 aliphatic heterocycles. The van der Waals surface area contributed by atoms with Crippen molar-refractivity contribution in [3.63, 3.8) is 0 Å². The summed E-state index contributed by atoms with van der Waals surface area (Å²) in [5, 5.41) is 0. The quantitative estimate of drug-likeness (QED) is 0.653. The summed E-state index contributed by atoms with van der Waals surface area (Å²) in [6.45, 7) is 0. The van der Waals surface area contributed by atoms with Crippen molar-refractivity contribution >= 4 is 0 Å². The van der Waals surface area contributed by atoms with Crippen LogP contribution in [-0.2, 0) is 0 Å². The first-order chi connectivity index (χ1) is 6.04. The smallest absolute Gasteiger partial charge is 0.234 e. The van der Waals surface area contributed by atoms with Gasteiger partial charge >= 0.3 is 24.7 Å². The zero-order valence-electron chi connectivity index (χ0n) is 6.06. The highest BCUT2D eigenvalue weighted by molar-refractivity contribution is 4.98. The molecule has 0 spiro atoms. The monoisotopic (exact) mass is 233 g/mol. The highest BCUT2D eigenvalue weighted by Crippen LogP contribution is 2.43. The SMILES string of the molecule is F[C](F)C(F)(F)C(F)C(F)(F)C(F)F. The van der Waals surface area contributed by atoms with Crippen molar-refractivity contribution in [2.75, 3.05) is 0 Å². The van der Waals surface area contributed by atoms with Crippen LogP contribution in [0, 0.1) is 6.43 Å². The summed E-state index contributed by atoms with van der Waals surface area (Å²) < 4.78 is 104. The van der Waals surface area contributed by atoms with Gasteiger partial charge in [0.1, 0.15) is 0 Å². The molecule has 0 aromatic heterocycles. The molecule has 0 saturated carbocycles. The molecule has 0 aromatic rings. The Morgan fingerprint density at radius 1 is 0.857 bits per heavy atom. The Bertz CT molecular complexity index is 166. The summed E-state index contributed by atoms with van der Waals surface area (Å²) >= 11 is 0. The van der Waals surface area contributed by atoms with Crippen LogP contribution in [-0.4, -0.2) is 24.4 Å². The molecule has 0 fully saturated rings. The molecule has 0 rings (SSSR count). The van der Waals surface area contributed by atoms with Crippen LogP contribution in [0.25, 0.3) is 0 Å². The maximum Gasteiger partial charge on any atom is 0.381 e. The van der Waals surface area contributed by atoms with E-state index in [9.17, 15) is 39.5 Å². The summed E-state index contributed by atoms with van der Waals surface area (Å²) in [5.74, 6) is -11.7. The number of halogens is 9. The van der Waals surface area contributed by atoms with Gasteiger partial charge in [-0.2, -0.15) is 26.3 Å². The van der Waals surface area contributed by atoms with E-state index in [0.29, 0.717) is 0 Å². The van der Waals surface area contributed by atoms with E-state index in [0.717, 1.165) is 0 Å². The third-order valence-electron chi connectivity index (χ3n) is 1.20. The maximum absolute atomic E-state index is 12.0. The first kappa shape index (κ1) is 13.4. The fraction of sp³-hybridized carbons (Fsp3) is 0.800. The Morgan fingerprint density at radius 2 is 1.21 bits per heavy atom. The Balaban J connectivity index is 4.85. The Labute approximate surface area is 71.7 Å². The van der Waals surface area contributed by atoms with Crippen LogP contribution in [0.3, 0.4) is 0 Å². The van der Waals surface area contributed by atoms with E-state index >= 15 is 0 Å². The molecule has 1 atom stereocenters. The highest BCUT2D eigenvalue weighted by Gasteiger charge is 2.65. The Hall–Kier alpha value is -0.630. The molecule has 14 heavy (non-hydrogen) atoms. The van der Waals surface area contributed by atoms with E-state index in [-0.39, 0.29) is 0 Å². The van der Waals surface area contributed by atoms with Crippen molar-refractivity contribution in [1.29, 1.82) is 0 Å². The topological polar surface area (TPSA) is 0 Å². The van der Waals surface area contributed by atoms with Crippen LogP contribution in [0.1, 0.15) is 0 Å². The van der Waals surface area contributed by atoms with Crippen molar-refractivity contribution in [2.45, 2.75) is 24.4 Å². The van der Waals surface area contributed by atoms with Crippen LogP contribution in [0.4, 0.5) is 39.5 Å². The summed E-state index contributed by atoms with van der Waals surface area (Å²) in [6.07, 6.45) is -13.7. The Kier molecular flexibility index (Phi) is 3.68. The van der Waals surface area contributed by atoms with Gasteiger partial charge < -0.3 is 0 Å². The Morgan fingerprint density at radius 3 is 1.43 bits per heavy atom. The number of rotatable bonds is 4. The van der Waals surface area contributed by atoms with E-state index in [1.807, 2.05) is 0 Å². The zero-order valence-corrected chi connectivity index (χ0v) is 6.06. The van der Waals surface area contributed by atoms with E-state index in [4.69, 9.17) is 0 Å². The van der Waals surface area contributed by atoms with Crippen molar-refractivity contribution < 1.29 is 39.5 Å². The van der Waals surface area contributed by atoms with Crippen LogP contribution in [0.5, 0.6) is 0 Å². The summed E-state index contributed by atoms with van der Waals surface area (Å²) in [6, 6.07) is 0. The van der Waals surface area contributed by atoms with Gasteiger partial charge in [-0.3, -0.25) is 0 Å². The van der Waals surface area contributed by atoms with Crippen LogP contribution in [0.15, 0.2) is 0 Å². The highest BCUT2D eigenvalue weighted by atomic mass is 19.3. The molecule has 9 heteroatoms. The second-order valence-corrected chi connectivity index (χ2v) is 2.22. The van der Waals surface area contributed by atoms with E-state index in [1.54, 1.807) is 0 Å². The van der Waals surface area contributed by atoms with Gasteiger partial charge in [-0.1, -0.05) is 0 Å². The van der Waals surface area contributed by atoms with Crippen LogP contribution in [0.2, 0.25) is 0 Å². The van der Waals surface area contributed by atoms with Gasteiger partial charge in [0, 0.05) is 0 Å². The van der Waals surface area contributed by atoms with Crippen molar-refractivity contribution in [1.82, 2.24) is 0 Å². The number of alkyl halides is 7. The molecule has 0 saturated heterocycles. The molecule has 0 bridgehead atoms. The standard InChI is InChI=1S/C5H2F9/c6-1(4(11,12)2(7)8)5(13,14)3(9)10/h1-2H. The molecular formula is C5H2F9. The van der Waals surface area contributed by atoms with Gasteiger partial charge in [0.05, 0.1) is 0 Å². The second-order valence-electron chi connectivity index (χ2n) is 2.22. The predicted octanol–water partition coefficient (Wildman–Crippen LogP) is 3.29. The lowest BCUT2D eigenvalue weighted by molar-refractivity contribution is -0.240. The number of hydrogen-bond donors (Lipinski definition) is 0. The van der Waals surface area contributed by atoms with E-state index < -0.39 is 30.9 Å². The minimum Gasteiger partial charge on any atom is -0.234 e. The predicted molar refractivity (Wildman–Crippen MR) is 26.3 cm³/mol. The molecule has 0 aliphatic carbocycles. The van der Waals surface area contributed by atoms with Crippen molar-refractivity contribution in [3.05, 3.63) is 6.43 Å². The summed E-state index contributed by atoms with van der Waals surface area (Å²) in [4.78, 5) is 0. The molecule has 1 radical (unpaired) electrons.